The number of methoxy groups -OCH3 is 1. The highest BCUT2D eigenvalue weighted by Gasteiger charge is 2.41. The lowest BCUT2D eigenvalue weighted by Crippen LogP contribution is -2.49. The molecule has 2 atom stereocenters. The van der Waals surface area contributed by atoms with Gasteiger partial charge in [-0.15, -0.1) is 6.58 Å². The largest absolute Gasteiger partial charge is 0.467 e. The van der Waals surface area contributed by atoms with Gasteiger partial charge in [-0.1, -0.05) is 13.0 Å². The highest BCUT2D eigenvalue weighted by atomic mass is 19.2. The Morgan fingerprint density at radius 1 is 1.14 bits per heavy atom. The minimum atomic E-state index is -2.28. The maximum absolute atomic E-state index is 13.7. The summed E-state index contributed by atoms with van der Waals surface area (Å²) in [7, 11) is 1.02. The monoisotopic (exact) mass is 323 g/mol. The van der Waals surface area contributed by atoms with Crippen molar-refractivity contribution < 1.29 is 31.5 Å². The van der Waals surface area contributed by atoms with Crippen LogP contribution in [-0.2, 0) is 9.53 Å². The number of ether oxygens (including phenoxy) is 1. The second-order valence-corrected chi connectivity index (χ2v) is 4.79. The Balaban J connectivity index is 3.49. The number of esters is 1. The molecule has 0 heterocycles. The molecule has 1 aromatic carbocycles. The van der Waals surface area contributed by atoms with Gasteiger partial charge in [0.15, 0.2) is 23.3 Å². The lowest BCUT2D eigenvalue weighted by Gasteiger charge is -2.33. The molecule has 1 aromatic rings. The summed E-state index contributed by atoms with van der Waals surface area (Å²) in [5.41, 5.74) is -3.09. The van der Waals surface area contributed by atoms with E-state index in [0.29, 0.717) is 0 Å². The minimum Gasteiger partial charge on any atom is -0.467 e. The molecule has 8 heteroatoms. The molecule has 122 valence electrons. The van der Waals surface area contributed by atoms with E-state index >= 15 is 0 Å². The van der Waals surface area contributed by atoms with Gasteiger partial charge in [-0.05, 0) is 6.92 Å². The van der Waals surface area contributed by atoms with E-state index < -0.39 is 52.2 Å². The molecule has 0 aliphatic heterocycles. The molecular formula is C14H14F5NO2. The number of hydrogen-bond acceptors (Lipinski definition) is 3. The van der Waals surface area contributed by atoms with Crippen LogP contribution in [0.1, 0.15) is 13.8 Å². The van der Waals surface area contributed by atoms with Gasteiger partial charge < -0.3 is 10.1 Å². The van der Waals surface area contributed by atoms with Crippen molar-refractivity contribution in [1.29, 1.82) is 0 Å². The number of halogens is 5. The maximum atomic E-state index is 13.7. The molecule has 0 saturated heterocycles. The zero-order valence-electron chi connectivity index (χ0n) is 12.1. The fourth-order valence-electron chi connectivity index (χ4n) is 1.77. The summed E-state index contributed by atoms with van der Waals surface area (Å²) >= 11 is 0. The van der Waals surface area contributed by atoms with E-state index in [9.17, 15) is 26.7 Å². The third-order valence-electron chi connectivity index (χ3n) is 3.47. The Morgan fingerprint density at radius 3 is 1.91 bits per heavy atom. The van der Waals surface area contributed by atoms with Crippen LogP contribution in [-0.4, -0.2) is 18.6 Å². The number of anilines is 1. The molecule has 3 nitrogen and oxygen atoms in total. The van der Waals surface area contributed by atoms with Gasteiger partial charge in [-0.2, -0.15) is 0 Å². The van der Waals surface area contributed by atoms with Crippen LogP contribution in [0, 0.1) is 35.0 Å². The third-order valence-corrected chi connectivity index (χ3v) is 3.47. The lowest BCUT2D eigenvalue weighted by atomic mass is 9.86. The molecular weight excluding hydrogens is 309 g/mol. The standard InChI is InChI=1S/C14H14F5NO2/c1-5-6(2)14(3,13(21)22-4)20-12-10(18)8(16)7(15)9(17)11(12)19/h5-6,20H,1H2,2-4H3/t6-,14+/m0/s1. The van der Waals surface area contributed by atoms with Crippen LogP contribution >= 0.6 is 0 Å². The quantitative estimate of drug-likeness (QED) is 0.296. The molecule has 0 aliphatic rings. The van der Waals surface area contributed by atoms with Crippen molar-refractivity contribution in [3.05, 3.63) is 41.7 Å². The molecule has 1 N–H and O–H groups in total. The number of benzene rings is 1. The van der Waals surface area contributed by atoms with E-state index in [1.54, 1.807) is 0 Å². The average Bonchev–Trinajstić information content (AvgIpc) is 2.53. The third kappa shape index (κ3) is 2.77. The fraction of sp³-hybridized carbons (Fsp3) is 0.357. The van der Waals surface area contributed by atoms with Crippen LogP contribution < -0.4 is 5.32 Å². The summed E-state index contributed by atoms with van der Waals surface area (Å²) in [5, 5.41) is 2.06. The molecule has 0 bridgehead atoms. The summed E-state index contributed by atoms with van der Waals surface area (Å²) in [6.07, 6.45) is 1.27. The van der Waals surface area contributed by atoms with Crippen molar-refractivity contribution in [1.82, 2.24) is 0 Å². The minimum absolute atomic E-state index is 0.741. The van der Waals surface area contributed by atoms with Crippen LogP contribution in [0.2, 0.25) is 0 Å². The van der Waals surface area contributed by atoms with Gasteiger partial charge in [0.05, 0.1) is 7.11 Å². The highest BCUT2D eigenvalue weighted by molar-refractivity contribution is 5.85. The van der Waals surface area contributed by atoms with Crippen LogP contribution in [0.4, 0.5) is 27.6 Å². The molecule has 0 saturated carbocycles. The van der Waals surface area contributed by atoms with Crippen LogP contribution in [0.25, 0.3) is 0 Å². The Hall–Kier alpha value is -2.12. The Bertz CT molecular complexity index is 591. The first-order valence-electron chi connectivity index (χ1n) is 6.12. The molecule has 22 heavy (non-hydrogen) atoms. The first-order chi connectivity index (χ1) is 10.1. The van der Waals surface area contributed by atoms with E-state index in [-0.39, 0.29) is 0 Å². The summed E-state index contributed by atoms with van der Waals surface area (Å²) in [4.78, 5) is 11.9. The van der Waals surface area contributed by atoms with Crippen LogP contribution in [0.3, 0.4) is 0 Å². The zero-order valence-corrected chi connectivity index (χ0v) is 12.1. The van der Waals surface area contributed by atoms with Crippen LogP contribution in [0.5, 0.6) is 0 Å². The fourth-order valence-corrected chi connectivity index (χ4v) is 1.77. The Kier molecular flexibility index (Phi) is 5.16. The molecule has 0 amide bonds. The summed E-state index contributed by atoms with van der Waals surface area (Å²) in [5.74, 6) is -12.3. The van der Waals surface area contributed by atoms with Gasteiger partial charge >= 0.3 is 5.97 Å². The normalized spacial score (nSPS) is 14.9. The first-order valence-corrected chi connectivity index (χ1v) is 6.12. The van der Waals surface area contributed by atoms with E-state index in [4.69, 9.17) is 0 Å². The van der Waals surface area contributed by atoms with Crippen molar-refractivity contribution >= 4 is 11.7 Å². The topological polar surface area (TPSA) is 38.3 Å². The average molecular weight is 323 g/mol. The van der Waals surface area contributed by atoms with E-state index in [1.165, 1.54) is 19.9 Å². The highest BCUT2D eigenvalue weighted by Crippen LogP contribution is 2.32. The number of rotatable bonds is 5. The number of hydrogen-bond donors (Lipinski definition) is 1. The molecule has 0 aromatic heterocycles. The molecule has 0 unspecified atom stereocenters. The Labute approximate surface area is 123 Å². The van der Waals surface area contributed by atoms with Gasteiger partial charge in [-0.25, -0.2) is 26.7 Å². The molecule has 0 spiro atoms. The number of nitrogens with one attached hydrogen (secondary N) is 1. The Morgan fingerprint density at radius 2 is 1.55 bits per heavy atom. The van der Waals surface area contributed by atoms with Crippen molar-refractivity contribution in [2.24, 2.45) is 5.92 Å². The lowest BCUT2D eigenvalue weighted by molar-refractivity contribution is -0.146. The molecule has 0 radical (unpaired) electrons. The summed E-state index contributed by atoms with van der Waals surface area (Å²) in [6.45, 7) is 6.09. The van der Waals surface area contributed by atoms with E-state index in [1.807, 2.05) is 0 Å². The van der Waals surface area contributed by atoms with Crippen molar-refractivity contribution in [2.45, 2.75) is 19.4 Å². The van der Waals surface area contributed by atoms with Crippen molar-refractivity contribution in [3.63, 3.8) is 0 Å². The SMILES string of the molecule is C=C[C@H](C)[C@@](C)(Nc1c(F)c(F)c(F)c(F)c1F)C(=O)OC. The van der Waals surface area contributed by atoms with Gasteiger partial charge in [0.1, 0.15) is 11.2 Å². The smallest absolute Gasteiger partial charge is 0.331 e. The predicted molar refractivity (Wildman–Crippen MR) is 69.6 cm³/mol. The van der Waals surface area contributed by atoms with Gasteiger partial charge in [-0.3, -0.25) is 0 Å². The van der Waals surface area contributed by atoms with E-state index in [0.717, 1.165) is 7.11 Å². The first kappa shape index (κ1) is 17.9. The summed E-state index contributed by atoms with van der Waals surface area (Å²) < 4.78 is 71.4. The van der Waals surface area contributed by atoms with Gasteiger partial charge in [0.2, 0.25) is 5.82 Å². The van der Waals surface area contributed by atoms with Crippen molar-refractivity contribution in [3.8, 4) is 0 Å². The van der Waals surface area contributed by atoms with E-state index in [2.05, 4.69) is 16.6 Å². The van der Waals surface area contributed by atoms with Gasteiger partial charge in [0, 0.05) is 5.92 Å². The summed E-state index contributed by atoms with van der Waals surface area (Å²) in [6, 6.07) is 0. The number of carbonyl (C=O) groups excluding carboxylic acids is 1. The number of carbonyl (C=O) groups is 1. The maximum Gasteiger partial charge on any atom is 0.331 e. The zero-order chi connectivity index (χ0) is 17.2. The predicted octanol–water partition coefficient (Wildman–Crippen LogP) is 3.55. The second kappa shape index (κ2) is 6.33. The van der Waals surface area contributed by atoms with Gasteiger partial charge in [0.25, 0.3) is 0 Å². The molecule has 1 rings (SSSR count). The van der Waals surface area contributed by atoms with Crippen LogP contribution in [0.15, 0.2) is 12.7 Å². The van der Waals surface area contributed by atoms with Crippen molar-refractivity contribution in [2.75, 3.05) is 12.4 Å². The molecule has 0 fully saturated rings. The second-order valence-electron chi connectivity index (χ2n) is 4.79. The molecule has 0 aliphatic carbocycles.